The van der Waals surface area contributed by atoms with Gasteiger partial charge in [-0.25, -0.2) is 4.39 Å². The zero-order valence-electron chi connectivity index (χ0n) is 20.8. The quantitative estimate of drug-likeness (QED) is 0.452. The molecule has 2 heterocycles. The van der Waals surface area contributed by atoms with E-state index < -0.39 is 17.7 Å². The average molecular weight is 499 g/mol. The Morgan fingerprint density at radius 2 is 1.89 bits per heavy atom. The fourth-order valence-electron chi connectivity index (χ4n) is 4.36. The van der Waals surface area contributed by atoms with Crippen LogP contribution in [0.4, 0.5) is 17.6 Å². The van der Waals surface area contributed by atoms with E-state index in [2.05, 4.69) is 0 Å². The maximum atomic E-state index is 14.6. The van der Waals surface area contributed by atoms with Gasteiger partial charge in [-0.1, -0.05) is 13.8 Å². The summed E-state index contributed by atoms with van der Waals surface area (Å²) in [5, 5.41) is 0. The molecule has 194 valence electrons. The van der Waals surface area contributed by atoms with Gasteiger partial charge in [0, 0.05) is 37.7 Å². The zero-order valence-corrected chi connectivity index (χ0v) is 20.8. The molecular formula is C26H34F4N2O3. The minimum atomic E-state index is -4.65. The number of carbonyl (C=O) groups is 1. The lowest BCUT2D eigenvalue weighted by atomic mass is 10.0. The van der Waals surface area contributed by atoms with E-state index in [1.165, 1.54) is 7.11 Å². The van der Waals surface area contributed by atoms with Crippen LogP contribution in [0, 0.1) is 11.7 Å². The van der Waals surface area contributed by atoms with Crippen LogP contribution in [-0.2, 0) is 19.1 Å². The number of hydrogen-bond donors (Lipinski definition) is 0. The maximum Gasteiger partial charge on any atom is 0.431 e. The number of fused-ring (bicyclic) bond motifs is 1. The standard InChI is InChI=1S/C26H34F4N2O3/c1-5-18(3)35-22-9-8-19(15-23(22)34-4)25(33)31-12-6-7-17(2)10-14-32-21(11-13-31)20(27)16-24(32)26(28,29)30/h8-9,15-18H,5-7,10-14H2,1-4H3/t17?,18-/m0/s1. The molecule has 0 radical (unpaired) electrons. The molecule has 1 aromatic carbocycles. The highest BCUT2D eigenvalue weighted by atomic mass is 19.4. The summed E-state index contributed by atoms with van der Waals surface area (Å²) in [5.41, 5.74) is -0.608. The van der Waals surface area contributed by atoms with E-state index in [0.717, 1.165) is 17.4 Å². The number of hydrogen-bond acceptors (Lipinski definition) is 3. The monoisotopic (exact) mass is 498 g/mol. The number of carbonyl (C=O) groups excluding carboxylic acids is 1. The molecule has 0 aliphatic carbocycles. The number of alkyl halides is 3. The van der Waals surface area contributed by atoms with Crippen LogP contribution >= 0.6 is 0 Å². The lowest BCUT2D eigenvalue weighted by Gasteiger charge is -2.24. The molecule has 5 nitrogen and oxygen atoms in total. The van der Waals surface area contributed by atoms with E-state index >= 15 is 0 Å². The Labute approximate surface area is 204 Å². The molecule has 3 rings (SSSR count). The molecule has 1 unspecified atom stereocenters. The van der Waals surface area contributed by atoms with Crippen LogP contribution in [0.5, 0.6) is 11.5 Å². The number of benzene rings is 1. The van der Waals surface area contributed by atoms with Gasteiger partial charge in [0.25, 0.3) is 5.91 Å². The summed E-state index contributed by atoms with van der Waals surface area (Å²) < 4.78 is 67.6. The van der Waals surface area contributed by atoms with Gasteiger partial charge in [-0.05, 0) is 56.7 Å². The van der Waals surface area contributed by atoms with Crippen molar-refractivity contribution in [3.05, 3.63) is 47.0 Å². The summed E-state index contributed by atoms with van der Waals surface area (Å²) in [4.78, 5) is 15.0. The number of rotatable bonds is 5. The summed E-state index contributed by atoms with van der Waals surface area (Å²) in [6.45, 7) is 6.55. The number of amides is 1. The van der Waals surface area contributed by atoms with Crippen LogP contribution < -0.4 is 9.47 Å². The van der Waals surface area contributed by atoms with Gasteiger partial charge in [0.15, 0.2) is 11.5 Å². The average Bonchev–Trinajstić information content (AvgIpc) is 3.13. The summed E-state index contributed by atoms with van der Waals surface area (Å²) in [5.74, 6) is -0.0622. The van der Waals surface area contributed by atoms with Crippen molar-refractivity contribution >= 4 is 5.91 Å². The smallest absolute Gasteiger partial charge is 0.431 e. The Bertz CT molecular complexity index is 1020. The molecule has 0 saturated carbocycles. The second-order valence-electron chi connectivity index (χ2n) is 9.25. The number of methoxy groups -OCH3 is 1. The predicted octanol–water partition coefficient (Wildman–Crippen LogP) is 6.34. The molecule has 1 amide bonds. The molecule has 2 aromatic rings. The first kappa shape index (κ1) is 26.9. The molecule has 0 spiro atoms. The van der Waals surface area contributed by atoms with Gasteiger partial charge in [-0.15, -0.1) is 0 Å². The van der Waals surface area contributed by atoms with Crippen LogP contribution in [0.2, 0.25) is 0 Å². The summed E-state index contributed by atoms with van der Waals surface area (Å²) >= 11 is 0. The summed E-state index contributed by atoms with van der Waals surface area (Å²) in [6.07, 6.45) is -1.89. The Morgan fingerprint density at radius 3 is 2.54 bits per heavy atom. The minimum absolute atomic E-state index is 0.00558. The maximum absolute atomic E-state index is 14.6. The van der Waals surface area contributed by atoms with E-state index in [1.54, 1.807) is 23.1 Å². The molecule has 9 heteroatoms. The van der Waals surface area contributed by atoms with Gasteiger partial charge in [-0.2, -0.15) is 13.2 Å². The topological polar surface area (TPSA) is 43.7 Å². The molecule has 35 heavy (non-hydrogen) atoms. The van der Waals surface area contributed by atoms with Crippen molar-refractivity contribution in [2.24, 2.45) is 5.92 Å². The van der Waals surface area contributed by atoms with E-state index in [-0.39, 0.29) is 43.1 Å². The second-order valence-corrected chi connectivity index (χ2v) is 9.25. The molecule has 0 saturated heterocycles. The third kappa shape index (κ3) is 6.49. The fourth-order valence-corrected chi connectivity index (χ4v) is 4.36. The van der Waals surface area contributed by atoms with Crippen LogP contribution in [0.1, 0.15) is 68.2 Å². The Balaban J connectivity index is 1.89. The molecule has 1 aromatic heterocycles. The Kier molecular flexibility index (Phi) is 8.72. The minimum Gasteiger partial charge on any atom is -0.493 e. The number of nitrogens with zero attached hydrogens (tertiary/aromatic N) is 2. The summed E-state index contributed by atoms with van der Waals surface area (Å²) in [6, 6.07) is 5.52. The molecule has 1 aliphatic heterocycles. The van der Waals surface area contributed by atoms with Crippen LogP contribution in [-0.4, -0.2) is 41.7 Å². The Morgan fingerprint density at radius 1 is 1.14 bits per heavy atom. The molecular weight excluding hydrogens is 464 g/mol. The van der Waals surface area contributed by atoms with Crippen molar-refractivity contribution in [2.45, 2.75) is 71.7 Å². The summed E-state index contributed by atoms with van der Waals surface area (Å²) in [7, 11) is 1.50. The van der Waals surface area contributed by atoms with E-state index in [1.807, 2.05) is 20.8 Å². The normalized spacial score (nSPS) is 18.4. The van der Waals surface area contributed by atoms with Crippen molar-refractivity contribution in [1.29, 1.82) is 0 Å². The molecule has 0 N–H and O–H groups in total. The van der Waals surface area contributed by atoms with Crippen molar-refractivity contribution in [3.63, 3.8) is 0 Å². The first-order valence-corrected chi connectivity index (χ1v) is 12.1. The van der Waals surface area contributed by atoms with Gasteiger partial charge in [-0.3, -0.25) is 4.79 Å². The van der Waals surface area contributed by atoms with E-state index in [4.69, 9.17) is 9.47 Å². The number of ether oxygens (including phenoxy) is 2. The van der Waals surface area contributed by atoms with Crippen LogP contribution in [0.15, 0.2) is 24.3 Å². The zero-order chi connectivity index (χ0) is 25.8. The van der Waals surface area contributed by atoms with Crippen LogP contribution in [0.3, 0.4) is 0 Å². The van der Waals surface area contributed by atoms with E-state index in [0.29, 0.717) is 42.5 Å². The largest absolute Gasteiger partial charge is 0.493 e. The number of halogens is 4. The van der Waals surface area contributed by atoms with E-state index in [9.17, 15) is 22.4 Å². The van der Waals surface area contributed by atoms with Gasteiger partial charge in [0.1, 0.15) is 11.5 Å². The van der Waals surface area contributed by atoms with Crippen molar-refractivity contribution in [1.82, 2.24) is 9.47 Å². The van der Waals surface area contributed by atoms with Crippen molar-refractivity contribution < 1.29 is 31.8 Å². The van der Waals surface area contributed by atoms with Crippen molar-refractivity contribution in [3.8, 4) is 11.5 Å². The highest BCUT2D eigenvalue weighted by Gasteiger charge is 2.37. The van der Waals surface area contributed by atoms with Gasteiger partial charge in [0.2, 0.25) is 0 Å². The van der Waals surface area contributed by atoms with Gasteiger partial charge < -0.3 is 18.9 Å². The first-order valence-electron chi connectivity index (χ1n) is 12.1. The van der Waals surface area contributed by atoms with Gasteiger partial charge in [0.05, 0.1) is 18.9 Å². The number of aromatic nitrogens is 1. The molecule has 0 fully saturated rings. The molecule has 1 aliphatic rings. The highest BCUT2D eigenvalue weighted by Crippen LogP contribution is 2.34. The highest BCUT2D eigenvalue weighted by molar-refractivity contribution is 5.95. The third-order valence-electron chi connectivity index (χ3n) is 6.64. The SMILES string of the molecule is CC[C@H](C)Oc1ccc(C(=O)N2CCCC(C)CCn3c(C(F)(F)F)cc(F)c3CC2)cc1OC. The Hall–Kier alpha value is -2.71. The van der Waals surface area contributed by atoms with Crippen molar-refractivity contribution in [2.75, 3.05) is 20.2 Å². The fraction of sp³-hybridized carbons (Fsp3) is 0.577. The lowest BCUT2D eigenvalue weighted by Crippen LogP contribution is -2.34. The van der Waals surface area contributed by atoms with Gasteiger partial charge >= 0.3 is 6.18 Å². The molecule has 0 bridgehead atoms. The predicted molar refractivity (Wildman–Crippen MR) is 125 cm³/mol. The second kappa shape index (κ2) is 11.4. The first-order chi connectivity index (χ1) is 16.5. The van der Waals surface area contributed by atoms with Crippen LogP contribution in [0.25, 0.3) is 0 Å². The molecule has 2 atom stereocenters. The lowest BCUT2D eigenvalue weighted by molar-refractivity contribution is -0.143. The third-order valence-corrected chi connectivity index (χ3v) is 6.64.